The van der Waals surface area contributed by atoms with Crippen LogP contribution in [0.2, 0.25) is 0 Å². The second-order valence-corrected chi connectivity index (χ2v) is 9.39. The molecule has 0 heterocycles. The zero-order valence-corrected chi connectivity index (χ0v) is 17.3. The van der Waals surface area contributed by atoms with Gasteiger partial charge in [0.1, 0.15) is 6.10 Å². The molecule has 2 aliphatic carbocycles. The van der Waals surface area contributed by atoms with Crippen LogP contribution in [0.15, 0.2) is 11.6 Å². The van der Waals surface area contributed by atoms with E-state index in [1.165, 1.54) is 25.3 Å². The van der Waals surface area contributed by atoms with Crippen molar-refractivity contribution < 1.29 is 19.4 Å². The summed E-state index contributed by atoms with van der Waals surface area (Å²) in [5, 5.41) is 9.06. The van der Waals surface area contributed by atoms with Gasteiger partial charge in [-0.05, 0) is 73.7 Å². The van der Waals surface area contributed by atoms with Gasteiger partial charge >= 0.3 is 11.9 Å². The number of hydrogen-bond acceptors (Lipinski definition) is 3. The van der Waals surface area contributed by atoms with Gasteiger partial charge in [-0.25, -0.2) is 0 Å². The molecule has 4 heteroatoms. The number of esters is 1. The van der Waals surface area contributed by atoms with Crippen molar-refractivity contribution in [1.82, 2.24) is 0 Å². The Bertz CT molecular complexity index is 581. The van der Waals surface area contributed by atoms with Gasteiger partial charge in [-0.2, -0.15) is 0 Å². The van der Waals surface area contributed by atoms with Crippen molar-refractivity contribution in [3.63, 3.8) is 0 Å². The Labute approximate surface area is 158 Å². The molecule has 4 nitrogen and oxygen atoms in total. The first kappa shape index (κ1) is 21.0. The number of allylic oxidation sites excluding steroid dienone is 1. The highest BCUT2D eigenvalue weighted by Gasteiger charge is 2.54. The fraction of sp³-hybridized carbons (Fsp3) is 0.818. The SMILES string of the molecule is CC(=O)O[C@@H]1C=C(C)[C@]2(C)CC[C@@H](C)[C@](C)(CCC(C)CC(=O)O)[C@H]2C1. The maximum absolute atomic E-state index is 11.5. The van der Waals surface area contributed by atoms with Gasteiger partial charge in [0.2, 0.25) is 0 Å². The lowest BCUT2D eigenvalue weighted by Gasteiger charge is -2.59. The van der Waals surface area contributed by atoms with Crippen LogP contribution < -0.4 is 0 Å². The zero-order valence-electron chi connectivity index (χ0n) is 17.3. The molecule has 0 spiro atoms. The molecular weight excluding hydrogens is 328 g/mol. The maximum Gasteiger partial charge on any atom is 0.303 e. The number of aliphatic carboxylic acids is 1. The summed E-state index contributed by atoms with van der Waals surface area (Å²) in [5.41, 5.74) is 1.62. The van der Waals surface area contributed by atoms with Crippen molar-refractivity contribution in [2.45, 2.75) is 86.2 Å². The summed E-state index contributed by atoms with van der Waals surface area (Å²) in [6.07, 6.45) is 7.47. The molecule has 2 rings (SSSR count). The topological polar surface area (TPSA) is 63.6 Å². The second-order valence-electron chi connectivity index (χ2n) is 9.39. The number of carbonyl (C=O) groups is 2. The van der Waals surface area contributed by atoms with E-state index in [1.54, 1.807) is 0 Å². The molecular formula is C22H36O4. The first-order valence-corrected chi connectivity index (χ1v) is 10.1. The smallest absolute Gasteiger partial charge is 0.303 e. The number of hydrogen-bond donors (Lipinski definition) is 1. The summed E-state index contributed by atoms with van der Waals surface area (Å²) in [7, 11) is 0. The van der Waals surface area contributed by atoms with Gasteiger partial charge in [-0.3, -0.25) is 9.59 Å². The molecule has 6 atom stereocenters. The van der Waals surface area contributed by atoms with Crippen LogP contribution in [0.1, 0.15) is 80.1 Å². The van der Waals surface area contributed by atoms with Crippen LogP contribution >= 0.6 is 0 Å². The third kappa shape index (κ3) is 4.15. The van der Waals surface area contributed by atoms with E-state index in [9.17, 15) is 9.59 Å². The lowest BCUT2D eigenvalue weighted by molar-refractivity contribution is -0.148. The number of rotatable bonds is 6. The Morgan fingerprint density at radius 2 is 2.04 bits per heavy atom. The third-order valence-electron chi connectivity index (χ3n) is 7.61. The van der Waals surface area contributed by atoms with Crippen LogP contribution in [0.25, 0.3) is 0 Å². The van der Waals surface area contributed by atoms with Crippen molar-refractivity contribution >= 4 is 11.9 Å². The van der Waals surface area contributed by atoms with E-state index in [-0.39, 0.29) is 35.2 Å². The van der Waals surface area contributed by atoms with Crippen LogP contribution in [0.5, 0.6) is 0 Å². The summed E-state index contributed by atoms with van der Waals surface area (Å²) < 4.78 is 5.57. The van der Waals surface area contributed by atoms with Gasteiger partial charge in [-0.1, -0.05) is 33.3 Å². The predicted octanol–water partition coefficient (Wildman–Crippen LogP) is 5.22. The van der Waals surface area contributed by atoms with E-state index in [0.717, 1.165) is 19.3 Å². The van der Waals surface area contributed by atoms with E-state index < -0.39 is 5.97 Å². The fourth-order valence-electron chi connectivity index (χ4n) is 5.54. The molecule has 1 unspecified atom stereocenters. The molecule has 1 N–H and O–H groups in total. The Morgan fingerprint density at radius 1 is 1.38 bits per heavy atom. The van der Waals surface area contributed by atoms with Crippen LogP contribution in [0, 0.1) is 28.6 Å². The molecule has 0 bridgehead atoms. The molecule has 0 saturated heterocycles. The Morgan fingerprint density at radius 3 is 2.62 bits per heavy atom. The van der Waals surface area contributed by atoms with E-state index in [4.69, 9.17) is 9.84 Å². The normalized spacial score (nSPS) is 38.1. The molecule has 0 aromatic rings. The van der Waals surface area contributed by atoms with E-state index in [1.807, 2.05) is 6.92 Å². The molecule has 26 heavy (non-hydrogen) atoms. The summed E-state index contributed by atoms with van der Waals surface area (Å²) in [4.78, 5) is 22.5. The monoisotopic (exact) mass is 364 g/mol. The number of ether oxygens (including phenoxy) is 1. The van der Waals surface area contributed by atoms with Crippen molar-refractivity contribution in [2.24, 2.45) is 28.6 Å². The van der Waals surface area contributed by atoms with Gasteiger partial charge < -0.3 is 9.84 Å². The van der Waals surface area contributed by atoms with Crippen molar-refractivity contribution in [2.75, 3.05) is 0 Å². The molecule has 0 amide bonds. The highest BCUT2D eigenvalue weighted by molar-refractivity contribution is 5.67. The zero-order chi connectivity index (χ0) is 19.7. The van der Waals surface area contributed by atoms with Gasteiger partial charge in [0.25, 0.3) is 0 Å². The second kappa shape index (κ2) is 7.74. The lowest BCUT2D eigenvalue weighted by Crippen LogP contribution is -2.52. The Hall–Kier alpha value is -1.32. The molecule has 0 aliphatic heterocycles. The summed E-state index contributed by atoms with van der Waals surface area (Å²) in [6.45, 7) is 12.8. The first-order valence-electron chi connectivity index (χ1n) is 10.1. The Balaban J connectivity index is 2.25. The molecule has 0 aromatic carbocycles. The minimum Gasteiger partial charge on any atom is -0.481 e. The largest absolute Gasteiger partial charge is 0.481 e. The van der Waals surface area contributed by atoms with E-state index in [0.29, 0.717) is 11.8 Å². The highest BCUT2D eigenvalue weighted by atomic mass is 16.5. The van der Waals surface area contributed by atoms with E-state index >= 15 is 0 Å². The van der Waals surface area contributed by atoms with Crippen molar-refractivity contribution in [3.8, 4) is 0 Å². The van der Waals surface area contributed by atoms with Gasteiger partial charge in [0, 0.05) is 13.3 Å². The fourth-order valence-corrected chi connectivity index (χ4v) is 5.54. The average molecular weight is 365 g/mol. The van der Waals surface area contributed by atoms with Gasteiger partial charge in [0.15, 0.2) is 0 Å². The van der Waals surface area contributed by atoms with Crippen LogP contribution in [0.3, 0.4) is 0 Å². The summed E-state index contributed by atoms with van der Waals surface area (Å²) >= 11 is 0. The number of fused-ring (bicyclic) bond motifs is 1. The van der Waals surface area contributed by atoms with Crippen LogP contribution in [-0.4, -0.2) is 23.1 Å². The molecule has 0 radical (unpaired) electrons. The summed E-state index contributed by atoms with van der Waals surface area (Å²) in [5.74, 6) is 0.291. The summed E-state index contributed by atoms with van der Waals surface area (Å²) in [6, 6.07) is 0. The van der Waals surface area contributed by atoms with Crippen LogP contribution in [-0.2, 0) is 14.3 Å². The quantitative estimate of drug-likeness (QED) is 0.518. The third-order valence-corrected chi connectivity index (χ3v) is 7.61. The molecule has 1 saturated carbocycles. The number of carboxylic acids is 1. The Kier molecular flexibility index (Phi) is 6.24. The molecule has 148 valence electrons. The van der Waals surface area contributed by atoms with Crippen LogP contribution in [0.4, 0.5) is 0 Å². The molecule has 2 aliphatic rings. The highest BCUT2D eigenvalue weighted by Crippen LogP contribution is 2.62. The molecule has 1 fully saturated rings. The predicted molar refractivity (Wildman–Crippen MR) is 103 cm³/mol. The van der Waals surface area contributed by atoms with E-state index in [2.05, 4.69) is 33.8 Å². The maximum atomic E-state index is 11.5. The van der Waals surface area contributed by atoms with Crippen molar-refractivity contribution in [3.05, 3.63) is 11.6 Å². The van der Waals surface area contributed by atoms with Crippen molar-refractivity contribution in [1.29, 1.82) is 0 Å². The lowest BCUT2D eigenvalue weighted by atomic mass is 9.46. The standard InChI is InChI=1S/C22H36O4/c1-14(11-20(24)25)7-9-21(5)15(2)8-10-22(6)16(3)12-18(13-19(21)22)26-17(4)23/h12,14-15,18-19H,7-11,13H2,1-6H3,(H,24,25)/t14?,15-,18-,19-,21+,22+/m1/s1. The number of carboxylic acid groups (broad SMARTS) is 1. The van der Waals surface area contributed by atoms with Gasteiger partial charge in [-0.15, -0.1) is 0 Å². The minimum absolute atomic E-state index is 0.133. The minimum atomic E-state index is -0.712. The molecule has 0 aromatic heterocycles. The first-order chi connectivity index (χ1) is 12.0. The average Bonchev–Trinajstić information content (AvgIpc) is 2.51. The number of carbonyl (C=O) groups excluding carboxylic acids is 1. The van der Waals surface area contributed by atoms with Gasteiger partial charge in [0.05, 0.1) is 0 Å².